The Morgan fingerprint density at radius 2 is 1.68 bits per heavy atom. The lowest BCUT2D eigenvalue weighted by molar-refractivity contribution is -0.0290. The highest BCUT2D eigenvalue weighted by Crippen LogP contribution is 1.94. The molecule has 0 saturated carbocycles. The number of rotatable bonds is 14. The standard InChI is InChI=1S/C14H31NO4/c1-13(2)10-15-11-14(12-17-4)19-9-8-18-7-5-6-16-3/h13-15H,5-12H2,1-4H3. The monoisotopic (exact) mass is 277 g/mol. The Balaban J connectivity index is 3.47. The maximum absolute atomic E-state index is 5.73. The molecule has 0 spiro atoms. The first-order valence-corrected chi connectivity index (χ1v) is 7.08. The van der Waals surface area contributed by atoms with Crippen LogP contribution in [0.1, 0.15) is 20.3 Å². The van der Waals surface area contributed by atoms with Crippen LogP contribution in [0.5, 0.6) is 0 Å². The van der Waals surface area contributed by atoms with Crippen molar-refractivity contribution in [3.05, 3.63) is 0 Å². The lowest BCUT2D eigenvalue weighted by Gasteiger charge is -2.18. The summed E-state index contributed by atoms with van der Waals surface area (Å²) in [4.78, 5) is 0. The topological polar surface area (TPSA) is 49.0 Å². The average Bonchev–Trinajstić information content (AvgIpc) is 2.37. The first-order chi connectivity index (χ1) is 9.20. The van der Waals surface area contributed by atoms with Crippen molar-refractivity contribution >= 4 is 0 Å². The molecule has 1 unspecified atom stereocenters. The van der Waals surface area contributed by atoms with Gasteiger partial charge in [-0.3, -0.25) is 0 Å². The van der Waals surface area contributed by atoms with E-state index in [1.54, 1.807) is 14.2 Å². The third-order valence-corrected chi connectivity index (χ3v) is 2.50. The van der Waals surface area contributed by atoms with Gasteiger partial charge in [-0.15, -0.1) is 0 Å². The fourth-order valence-electron chi connectivity index (χ4n) is 1.57. The van der Waals surface area contributed by atoms with Crippen LogP contribution in [-0.2, 0) is 18.9 Å². The van der Waals surface area contributed by atoms with Gasteiger partial charge >= 0.3 is 0 Å². The maximum atomic E-state index is 5.73. The SMILES string of the molecule is COCCCOCCOC(CNCC(C)C)COC. The minimum absolute atomic E-state index is 0.0892. The van der Waals surface area contributed by atoms with Crippen molar-refractivity contribution in [3.8, 4) is 0 Å². The molecule has 0 fully saturated rings. The second kappa shape index (κ2) is 14.2. The average molecular weight is 277 g/mol. The summed E-state index contributed by atoms with van der Waals surface area (Å²) in [6, 6.07) is 0. The smallest absolute Gasteiger partial charge is 0.0933 e. The van der Waals surface area contributed by atoms with Crippen molar-refractivity contribution in [1.29, 1.82) is 0 Å². The summed E-state index contributed by atoms with van der Waals surface area (Å²) in [7, 11) is 3.39. The van der Waals surface area contributed by atoms with E-state index in [-0.39, 0.29) is 6.10 Å². The van der Waals surface area contributed by atoms with Gasteiger partial charge in [-0.1, -0.05) is 13.8 Å². The van der Waals surface area contributed by atoms with E-state index in [2.05, 4.69) is 19.2 Å². The molecule has 0 aliphatic heterocycles. The van der Waals surface area contributed by atoms with Crippen LogP contribution in [0.25, 0.3) is 0 Å². The molecular formula is C14H31NO4. The van der Waals surface area contributed by atoms with E-state index in [0.717, 1.165) is 32.7 Å². The maximum Gasteiger partial charge on any atom is 0.0933 e. The van der Waals surface area contributed by atoms with E-state index < -0.39 is 0 Å². The molecule has 0 rings (SSSR count). The van der Waals surface area contributed by atoms with E-state index in [1.165, 1.54) is 0 Å². The molecule has 0 aromatic carbocycles. The molecular weight excluding hydrogens is 246 g/mol. The molecule has 0 aromatic heterocycles. The quantitative estimate of drug-likeness (QED) is 0.485. The van der Waals surface area contributed by atoms with Crippen LogP contribution >= 0.6 is 0 Å². The van der Waals surface area contributed by atoms with Crippen LogP contribution in [0, 0.1) is 5.92 Å². The molecule has 19 heavy (non-hydrogen) atoms. The Morgan fingerprint density at radius 1 is 0.895 bits per heavy atom. The molecule has 0 saturated heterocycles. The minimum Gasteiger partial charge on any atom is -0.385 e. The fourth-order valence-corrected chi connectivity index (χ4v) is 1.57. The molecule has 5 heteroatoms. The Kier molecular flexibility index (Phi) is 14.1. The Labute approximate surface area is 117 Å². The van der Waals surface area contributed by atoms with Crippen LogP contribution in [-0.4, -0.2) is 66.4 Å². The van der Waals surface area contributed by atoms with Gasteiger partial charge in [0.1, 0.15) is 0 Å². The minimum atomic E-state index is 0.0892. The van der Waals surface area contributed by atoms with Gasteiger partial charge in [-0.05, 0) is 18.9 Å². The molecule has 0 bridgehead atoms. The van der Waals surface area contributed by atoms with E-state index in [4.69, 9.17) is 18.9 Å². The first-order valence-electron chi connectivity index (χ1n) is 7.08. The number of hydrogen-bond acceptors (Lipinski definition) is 5. The van der Waals surface area contributed by atoms with Crippen molar-refractivity contribution in [2.24, 2.45) is 5.92 Å². The predicted octanol–water partition coefficient (Wildman–Crippen LogP) is 1.32. The molecule has 0 aromatic rings. The summed E-state index contributed by atoms with van der Waals surface area (Å²) in [6.07, 6.45) is 1.01. The van der Waals surface area contributed by atoms with Crippen molar-refractivity contribution in [3.63, 3.8) is 0 Å². The van der Waals surface area contributed by atoms with E-state index >= 15 is 0 Å². The van der Waals surface area contributed by atoms with Crippen LogP contribution < -0.4 is 5.32 Å². The van der Waals surface area contributed by atoms with Crippen molar-refractivity contribution < 1.29 is 18.9 Å². The molecule has 1 N–H and O–H groups in total. The van der Waals surface area contributed by atoms with Gasteiger partial charge in [0.25, 0.3) is 0 Å². The number of hydrogen-bond donors (Lipinski definition) is 1. The Bertz CT molecular complexity index is 179. The molecule has 0 aliphatic rings. The van der Waals surface area contributed by atoms with E-state index in [9.17, 15) is 0 Å². The highest BCUT2D eigenvalue weighted by molar-refractivity contribution is 4.62. The largest absolute Gasteiger partial charge is 0.385 e. The zero-order valence-corrected chi connectivity index (χ0v) is 12.9. The summed E-state index contributed by atoms with van der Waals surface area (Å²) in [5, 5.41) is 3.38. The molecule has 5 nitrogen and oxygen atoms in total. The van der Waals surface area contributed by atoms with Gasteiger partial charge in [-0.2, -0.15) is 0 Å². The molecule has 0 aliphatic carbocycles. The summed E-state index contributed by atoms with van der Waals surface area (Å²) in [5.74, 6) is 0.646. The van der Waals surface area contributed by atoms with Gasteiger partial charge in [0.15, 0.2) is 0 Å². The van der Waals surface area contributed by atoms with Crippen LogP contribution in [0.15, 0.2) is 0 Å². The number of nitrogens with one attached hydrogen (secondary N) is 1. The molecule has 116 valence electrons. The van der Waals surface area contributed by atoms with Crippen LogP contribution in [0.4, 0.5) is 0 Å². The fraction of sp³-hybridized carbons (Fsp3) is 1.00. The Hall–Kier alpha value is -0.200. The first kappa shape index (κ1) is 18.8. The van der Waals surface area contributed by atoms with E-state index in [1.807, 2.05) is 0 Å². The Morgan fingerprint density at radius 3 is 2.32 bits per heavy atom. The second-order valence-electron chi connectivity index (χ2n) is 4.96. The number of methoxy groups -OCH3 is 2. The molecule has 1 atom stereocenters. The number of ether oxygens (including phenoxy) is 4. The van der Waals surface area contributed by atoms with Crippen molar-refractivity contribution in [1.82, 2.24) is 5.32 Å². The van der Waals surface area contributed by atoms with Gasteiger partial charge in [-0.25, -0.2) is 0 Å². The van der Waals surface area contributed by atoms with E-state index in [0.29, 0.717) is 25.7 Å². The van der Waals surface area contributed by atoms with Gasteiger partial charge in [0.05, 0.1) is 25.9 Å². The predicted molar refractivity (Wildman–Crippen MR) is 76.6 cm³/mol. The normalized spacial score (nSPS) is 13.1. The van der Waals surface area contributed by atoms with Crippen LogP contribution in [0.3, 0.4) is 0 Å². The third-order valence-electron chi connectivity index (χ3n) is 2.50. The lowest BCUT2D eigenvalue weighted by Crippen LogP contribution is -2.35. The highest BCUT2D eigenvalue weighted by Gasteiger charge is 2.08. The molecule has 0 amide bonds. The molecule has 0 heterocycles. The van der Waals surface area contributed by atoms with Crippen LogP contribution in [0.2, 0.25) is 0 Å². The summed E-state index contributed by atoms with van der Waals surface area (Å²) < 4.78 is 21.3. The summed E-state index contributed by atoms with van der Waals surface area (Å²) in [5.41, 5.74) is 0. The summed E-state index contributed by atoms with van der Waals surface area (Å²) >= 11 is 0. The molecule has 0 radical (unpaired) electrons. The summed E-state index contributed by atoms with van der Waals surface area (Å²) in [6.45, 7) is 9.48. The van der Waals surface area contributed by atoms with Crippen molar-refractivity contribution in [2.45, 2.75) is 26.4 Å². The zero-order valence-electron chi connectivity index (χ0n) is 12.9. The zero-order chi connectivity index (χ0) is 14.3. The van der Waals surface area contributed by atoms with Gasteiger partial charge in [0.2, 0.25) is 0 Å². The van der Waals surface area contributed by atoms with Gasteiger partial charge < -0.3 is 24.3 Å². The second-order valence-corrected chi connectivity index (χ2v) is 4.96. The van der Waals surface area contributed by atoms with Gasteiger partial charge in [0, 0.05) is 34.0 Å². The lowest BCUT2D eigenvalue weighted by atomic mass is 10.2. The third kappa shape index (κ3) is 14.0. The van der Waals surface area contributed by atoms with Crippen molar-refractivity contribution in [2.75, 3.05) is 60.3 Å². The highest BCUT2D eigenvalue weighted by atomic mass is 16.5.